The van der Waals surface area contributed by atoms with E-state index in [0.29, 0.717) is 41.9 Å². The molecule has 2 atom stereocenters. The van der Waals surface area contributed by atoms with Gasteiger partial charge < -0.3 is 52.5 Å². The van der Waals surface area contributed by atoms with Crippen LogP contribution < -0.4 is 14.2 Å². The molecule has 0 aliphatic carbocycles. The number of hydrogen-bond donors (Lipinski definition) is 1. The van der Waals surface area contributed by atoms with Crippen molar-refractivity contribution in [2.45, 2.75) is 177 Å². The summed E-state index contributed by atoms with van der Waals surface area (Å²) < 4.78 is 150. The fourth-order valence-corrected chi connectivity index (χ4v) is 25.5. The topological polar surface area (TPSA) is 130 Å². The van der Waals surface area contributed by atoms with Crippen molar-refractivity contribution in [3.8, 4) is 23.0 Å². The zero-order valence-corrected chi connectivity index (χ0v) is 83.6. The molecular formula is C116H114F7O12S5+5. The molecule has 12 nitrogen and oxygen atoms in total. The smallest absolute Gasteiger partial charge is 0.508 e. The first-order valence-corrected chi connectivity index (χ1v) is 51.8. The first-order chi connectivity index (χ1) is 67.5. The number of rotatable bonds is 27. The van der Waals surface area contributed by atoms with Gasteiger partial charge in [-0.25, -0.2) is 18.0 Å². The second-order valence-corrected chi connectivity index (χ2v) is 43.7. The highest BCUT2D eigenvalue weighted by atomic mass is 32.2. The quantitative estimate of drug-likeness (QED) is 0.0100. The van der Waals surface area contributed by atoms with Gasteiger partial charge in [0.05, 0.1) is 74.3 Å². The molecule has 2 saturated heterocycles. The highest BCUT2D eigenvalue weighted by molar-refractivity contribution is 7.98. The van der Waals surface area contributed by atoms with E-state index in [1.807, 2.05) is 186 Å². The van der Waals surface area contributed by atoms with Crippen LogP contribution >= 0.6 is 0 Å². The van der Waals surface area contributed by atoms with Crippen LogP contribution in [-0.2, 0) is 99.2 Å². The first kappa shape index (κ1) is 105. The lowest BCUT2D eigenvalue weighted by Gasteiger charge is -2.34. The van der Waals surface area contributed by atoms with Gasteiger partial charge in [0.25, 0.3) is 0 Å². The third-order valence-electron chi connectivity index (χ3n) is 21.9. The summed E-state index contributed by atoms with van der Waals surface area (Å²) in [6.45, 7) is 18.0. The molecule has 2 fully saturated rings. The van der Waals surface area contributed by atoms with Crippen molar-refractivity contribution in [2.24, 2.45) is 0 Å². The van der Waals surface area contributed by atoms with Crippen LogP contribution in [0.5, 0.6) is 23.0 Å². The molecule has 0 aromatic heterocycles. The standard InChI is InChI=1S/C26H29O4S.C25H29O2S.C24H20F4O3S.C23H23O3S.C18H12F3S/c1-3-27-20-28-22-12-16-25(17-13-22)31(23-8-5-4-6-9-23)24-14-10-21(11-15-24)26(2)29-18-7-19-30-26;1-19(2)23-18-24(27-16-15-26-4)20(3)17-25(23)28(21-11-7-5-8-12-21)22-13-9-6-10-14-22;1-22(30-15-23(25,26)24(27,28)16-31-22)17-7-11-20(12-8-17)32(19-5-3-2-4-6-19)21-13-9-18(29)10-14-21;1-23(2,3)26-22(24)25-18-14-16-21(17-15-18)27(19-10-6-4-7-11-19)20-12-8-5-9-13-20;19-16-11-15(12-17(20)18(16)21)22(13-7-3-1-4-8-13)14-9-5-2-6-10-14/h4-6,8-17H,3,7,18-20H2,1-2H3;5-14,17-19H,15-16H2,1-4H3;2-14H,15-16H2,1H3;4-17H,1-3H3;1-12H/q2*+1;;2*+1/p+1. The van der Waals surface area contributed by atoms with E-state index in [9.17, 15) is 40.6 Å². The van der Waals surface area contributed by atoms with Crippen molar-refractivity contribution in [3.05, 3.63) is 428 Å². The van der Waals surface area contributed by atoms with Crippen molar-refractivity contribution >= 4 is 60.6 Å². The molecule has 0 amide bonds. The predicted octanol–water partition coefficient (Wildman–Crippen LogP) is 29.3. The van der Waals surface area contributed by atoms with Gasteiger partial charge in [0.1, 0.15) is 48.4 Å². The Balaban J connectivity index is 0.000000148. The molecule has 15 aromatic carbocycles. The molecule has 724 valence electrons. The molecule has 0 bridgehead atoms. The fraction of sp³-hybridized carbons (Fsp3) is 0.216. The summed E-state index contributed by atoms with van der Waals surface area (Å²) in [5, 5.41) is 9.65. The molecule has 140 heavy (non-hydrogen) atoms. The van der Waals surface area contributed by atoms with E-state index in [1.165, 1.54) is 57.2 Å². The van der Waals surface area contributed by atoms with Gasteiger partial charge in [0, 0.05) is 48.6 Å². The van der Waals surface area contributed by atoms with Gasteiger partial charge in [0.15, 0.2) is 109 Å². The monoisotopic (exact) mass is 1990 g/mol. The van der Waals surface area contributed by atoms with Crippen molar-refractivity contribution < 1.29 is 88.0 Å². The van der Waals surface area contributed by atoms with Crippen molar-refractivity contribution in [2.75, 3.05) is 60.2 Å². The highest BCUT2D eigenvalue weighted by Gasteiger charge is 2.60. The minimum atomic E-state index is -4.32. The summed E-state index contributed by atoms with van der Waals surface area (Å²) in [6.07, 6.45) is 0.246. The van der Waals surface area contributed by atoms with Gasteiger partial charge in [0.2, 0.25) is 0 Å². The Bertz CT molecular complexity index is 6160. The number of hydrogen-bond acceptors (Lipinski definition) is 12. The van der Waals surface area contributed by atoms with Crippen LogP contribution in [0.3, 0.4) is 0 Å². The fourth-order valence-electron chi connectivity index (χ4n) is 14.7. The normalized spacial score (nSPS) is 14.4. The number of phenols is 1. The number of carbonyl (C=O) groups excluding carboxylic acids is 1. The van der Waals surface area contributed by atoms with Gasteiger partial charge in [-0.1, -0.05) is 159 Å². The summed E-state index contributed by atoms with van der Waals surface area (Å²) in [6, 6.07) is 127. The van der Waals surface area contributed by atoms with Crippen LogP contribution in [0.25, 0.3) is 0 Å². The molecule has 0 spiro atoms. The molecule has 2 unspecified atom stereocenters. The Morgan fingerprint density at radius 2 is 0.714 bits per heavy atom. The largest absolute Gasteiger partial charge is 0.514 e. The Labute approximate surface area is 830 Å². The molecule has 2 aliphatic heterocycles. The number of methoxy groups -OCH3 is 1. The SMILES string of the molecule is CC(C)(C)OC(=O)Oc1ccc([S+](c2ccccc2)c2ccccc2)cc1.CC1(c2ccc([S+](c3ccccc3)c3ccc(O)cc3)cc2)OCC(F)(F)C(F)(F)CO1.CCOCOc1ccc([S+](c2ccccc2)c2ccc(C3(C)OCCCO3)cc2)cc1.COCCOc1cc(C(C)C)c([S+](c2ccccc2)c2ccccc2)cc1C.Fc1cc([S+](c2ccccc2)c2ccccc2)cc(F)c1F. The van der Waals surface area contributed by atoms with Gasteiger partial charge in [-0.3, -0.25) is 0 Å². The van der Waals surface area contributed by atoms with Crippen LogP contribution in [0.4, 0.5) is 35.5 Å². The average Bonchev–Trinajstić information content (AvgIpc) is 1.53. The number of halogens is 7. The van der Waals surface area contributed by atoms with Crippen LogP contribution in [-0.4, -0.2) is 88.9 Å². The zero-order valence-electron chi connectivity index (χ0n) is 79.5. The summed E-state index contributed by atoms with van der Waals surface area (Å²) in [5.41, 5.74) is 3.34. The number of benzene rings is 15. The van der Waals surface area contributed by atoms with Crippen molar-refractivity contribution in [1.82, 2.24) is 0 Å². The van der Waals surface area contributed by atoms with E-state index in [2.05, 4.69) is 209 Å². The lowest BCUT2D eigenvalue weighted by molar-refractivity contribution is -0.264. The van der Waals surface area contributed by atoms with Gasteiger partial charge >= 0.3 is 18.0 Å². The second kappa shape index (κ2) is 50.4. The van der Waals surface area contributed by atoms with Crippen LogP contribution in [0.2, 0.25) is 0 Å². The van der Waals surface area contributed by atoms with E-state index < -0.39 is 87.6 Å². The van der Waals surface area contributed by atoms with Crippen molar-refractivity contribution in [1.29, 1.82) is 0 Å². The molecule has 0 saturated carbocycles. The van der Waals surface area contributed by atoms with Gasteiger partial charge in [-0.2, -0.15) is 17.6 Å². The molecule has 24 heteroatoms. The van der Waals surface area contributed by atoms with E-state index in [1.54, 1.807) is 43.5 Å². The van der Waals surface area contributed by atoms with Gasteiger partial charge in [-0.15, -0.1) is 0 Å². The third-order valence-corrected chi connectivity index (χ3v) is 33.0. The summed E-state index contributed by atoms with van der Waals surface area (Å²) >= 11 is 0. The van der Waals surface area contributed by atoms with Crippen LogP contribution in [0.1, 0.15) is 90.0 Å². The molecular weight excluding hydrogens is 1880 g/mol. The molecule has 2 heterocycles. The minimum absolute atomic E-state index is 0.153. The van der Waals surface area contributed by atoms with Crippen molar-refractivity contribution in [3.63, 3.8) is 0 Å². The highest BCUT2D eigenvalue weighted by Crippen LogP contribution is 2.46. The lowest BCUT2D eigenvalue weighted by atomic mass is 10.0. The number of phenolic OH excluding ortho intramolecular Hbond substituents is 1. The first-order valence-electron chi connectivity index (χ1n) is 45.7. The number of carbonyl (C=O) groups is 1. The van der Waals surface area contributed by atoms with E-state index in [0.717, 1.165) is 78.2 Å². The lowest BCUT2D eigenvalue weighted by Crippen LogP contribution is -2.45. The second-order valence-electron chi connectivity index (χ2n) is 33.6. The van der Waals surface area contributed by atoms with E-state index in [-0.39, 0.29) is 45.2 Å². The molecule has 15 aromatic rings. The molecule has 17 rings (SSSR count). The number of alkyl halides is 4. The molecule has 2 aliphatic rings. The van der Waals surface area contributed by atoms with Crippen LogP contribution in [0, 0.1) is 24.4 Å². The van der Waals surface area contributed by atoms with Gasteiger partial charge in [-0.05, 0) is 291 Å². The van der Waals surface area contributed by atoms with E-state index >= 15 is 0 Å². The molecule has 1 N–H and O–H groups in total. The van der Waals surface area contributed by atoms with Crippen LogP contribution in [0.15, 0.2) is 462 Å². The number of aromatic hydroxyl groups is 1. The average molecular weight is 1990 g/mol. The zero-order chi connectivity index (χ0) is 99.2. The maximum absolute atomic E-state index is 13.7. The minimum Gasteiger partial charge on any atom is -0.508 e. The van der Waals surface area contributed by atoms with E-state index in [4.69, 9.17) is 47.4 Å². The third kappa shape index (κ3) is 28.7. The maximum atomic E-state index is 13.7. The summed E-state index contributed by atoms with van der Waals surface area (Å²) in [7, 11) is -0.104. The molecule has 0 radical (unpaired) electrons. The summed E-state index contributed by atoms with van der Waals surface area (Å²) in [5.74, 6) is -12.0. The number of ether oxygens (including phenoxy) is 10. The number of aryl methyl sites for hydroxylation is 1. The maximum Gasteiger partial charge on any atom is 0.514 e. The Kier molecular flexibility index (Phi) is 37.9. The Morgan fingerprint density at radius 3 is 1.05 bits per heavy atom. The Morgan fingerprint density at radius 1 is 0.400 bits per heavy atom. The Hall–Kier alpha value is -12.0. The predicted molar refractivity (Wildman–Crippen MR) is 542 cm³/mol. The summed E-state index contributed by atoms with van der Waals surface area (Å²) in [4.78, 5) is 28.5.